The molecule has 1 heterocycles. The van der Waals surface area contributed by atoms with E-state index in [4.69, 9.17) is 0 Å². The van der Waals surface area contributed by atoms with Gasteiger partial charge in [-0.15, -0.1) is 29.7 Å². The minimum Gasteiger partial charge on any atom is -0.545 e. The number of aromatic nitrogens is 1. The molecule has 0 saturated carbocycles. The Morgan fingerprint density at radius 1 is 0.808 bits per heavy atom. The fourth-order valence-electron chi connectivity index (χ4n) is 2.49. The number of aromatic amines is 1. The molecule has 0 unspecified atom stereocenters. The van der Waals surface area contributed by atoms with Crippen molar-refractivity contribution in [2.75, 3.05) is 0 Å². The molecule has 0 aliphatic rings. The number of aromatic carboxylic acids is 2. The Labute approximate surface area is 169 Å². The number of hydrogen-bond acceptors (Lipinski definition) is 4. The summed E-state index contributed by atoms with van der Waals surface area (Å²) in [6.45, 7) is 0. The summed E-state index contributed by atoms with van der Waals surface area (Å²) in [7, 11) is 0. The van der Waals surface area contributed by atoms with Gasteiger partial charge in [-0.2, -0.15) is 0 Å². The van der Waals surface area contributed by atoms with Gasteiger partial charge >= 0.3 is 27.3 Å². The Morgan fingerprint density at radius 3 is 2.08 bits per heavy atom. The minimum atomic E-state index is -1.40. The van der Waals surface area contributed by atoms with Crippen LogP contribution in [0.1, 0.15) is 20.7 Å². The maximum Gasteiger partial charge on any atom is 2.00 e. The predicted molar refractivity (Wildman–Crippen MR) is 89.7 cm³/mol. The number of carboxylic acid groups (broad SMARTS) is 2. The molecular weight excluding hydrogens is 431 g/mol. The minimum absolute atomic E-state index is 0. The summed E-state index contributed by atoms with van der Waals surface area (Å²) in [5.74, 6) is -2.81. The Kier molecular flexibility index (Phi) is 6.51. The number of para-hydroxylation sites is 1. The Balaban J connectivity index is 0.000000181. The van der Waals surface area contributed by atoms with Crippen molar-refractivity contribution in [3.63, 3.8) is 0 Å². The fraction of sp³-hybridized carbons (Fsp3) is 0. The van der Waals surface area contributed by atoms with E-state index >= 15 is 0 Å². The Bertz CT molecular complexity index is 992. The van der Waals surface area contributed by atoms with Gasteiger partial charge in [0.25, 0.3) is 0 Å². The van der Waals surface area contributed by atoms with E-state index in [2.05, 4.69) is 35.3 Å². The number of nitrogens with one attached hydrogen (secondary N) is 1. The van der Waals surface area contributed by atoms with E-state index in [0.29, 0.717) is 0 Å². The Morgan fingerprint density at radius 2 is 1.42 bits per heavy atom. The van der Waals surface area contributed by atoms with Gasteiger partial charge in [-0.25, -0.2) is 0 Å². The van der Waals surface area contributed by atoms with Crippen LogP contribution in [-0.2, 0) is 27.3 Å². The molecule has 0 bridgehead atoms. The second-order valence-electron chi connectivity index (χ2n) is 5.29. The number of hydrogen-bond donors (Lipinski definition) is 1. The van der Waals surface area contributed by atoms with E-state index in [0.717, 1.165) is 11.6 Å². The molecule has 1 aromatic heterocycles. The van der Waals surface area contributed by atoms with Gasteiger partial charge < -0.3 is 24.8 Å². The van der Waals surface area contributed by atoms with Crippen LogP contribution in [0.25, 0.3) is 21.8 Å². The molecule has 26 heavy (non-hydrogen) atoms. The zero-order chi connectivity index (χ0) is 17.8. The van der Waals surface area contributed by atoms with Gasteiger partial charge in [0, 0.05) is 0 Å². The van der Waals surface area contributed by atoms with Gasteiger partial charge in [0.05, 0.1) is 11.9 Å². The van der Waals surface area contributed by atoms with Crippen molar-refractivity contribution in [2.24, 2.45) is 0 Å². The molecule has 1 N–H and O–H groups in total. The molecule has 4 aromatic rings. The molecule has 4 rings (SSSR count). The van der Waals surface area contributed by atoms with Crippen molar-refractivity contribution in [3.05, 3.63) is 83.9 Å². The molecule has 0 amide bonds. The molecule has 3 aromatic carbocycles. The largest absolute Gasteiger partial charge is 2.00 e. The summed E-state index contributed by atoms with van der Waals surface area (Å²) in [5.41, 5.74) is 2.00. The van der Waals surface area contributed by atoms with Crippen LogP contribution in [0, 0.1) is 6.07 Å². The van der Waals surface area contributed by atoms with Crippen molar-refractivity contribution in [3.8, 4) is 0 Å². The first-order valence-corrected chi connectivity index (χ1v) is 7.46. The molecule has 0 aliphatic carbocycles. The summed E-state index contributed by atoms with van der Waals surface area (Å²) in [6.07, 6.45) is 0. The first-order chi connectivity index (χ1) is 12.1. The third kappa shape index (κ3) is 4.29. The van der Waals surface area contributed by atoms with E-state index in [1.54, 1.807) is 0 Å². The molecular formula is C20H12CdNO4-. The zero-order valence-corrected chi connectivity index (χ0v) is 17.7. The second kappa shape index (κ2) is 8.61. The standard InChI is InChI=1S/C12H8N.C8H6O4.Cd/c1-3-7-11-9(5-1)10-6-2-4-8-12(10)13-11;9-7(10)5-2-1-3-6(4-5)8(11)12;/h1-5,7-8,13H;1-4H,(H,9,10)(H,11,12);/q-1;;+2/p-2. The zero-order valence-electron chi connectivity index (χ0n) is 13.7. The molecule has 0 radical (unpaired) electrons. The number of fused-ring (bicyclic) bond motifs is 3. The van der Waals surface area contributed by atoms with Crippen LogP contribution in [0.15, 0.2) is 66.7 Å². The van der Waals surface area contributed by atoms with Gasteiger partial charge in [0.15, 0.2) is 0 Å². The number of carboxylic acids is 2. The van der Waals surface area contributed by atoms with Crippen LogP contribution in [-0.4, -0.2) is 16.9 Å². The monoisotopic (exact) mass is 444 g/mol. The van der Waals surface area contributed by atoms with E-state index in [1.165, 1.54) is 34.5 Å². The van der Waals surface area contributed by atoms with Crippen LogP contribution in [0.5, 0.6) is 0 Å². The van der Waals surface area contributed by atoms with Gasteiger partial charge in [0.2, 0.25) is 0 Å². The second-order valence-corrected chi connectivity index (χ2v) is 5.29. The first kappa shape index (κ1) is 19.6. The molecule has 5 nitrogen and oxygen atoms in total. The molecule has 0 spiro atoms. The average Bonchev–Trinajstić information content (AvgIpc) is 3.01. The maximum atomic E-state index is 10.3. The SMILES string of the molecule is O=C([O-])c1cccc(C(=O)[O-])c1.[Cd+2].[c-]1cccc2[nH]c3ccccc3c12. The molecule has 0 atom stereocenters. The molecule has 124 valence electrons. The summed E-state index contributed by atoms with van der Waals surface area (Å²) in [6, 6.07) is 22.4. The van der Waals surface area contributed by atoms with Crippen LogP contribution < -0.4 is 10.2 Å². The van der Waals surface area contributed by atoms with Crippen molar-refractivity contribution >= 4 is 33.7 Å². The predicted octanol–water partition coefficient (Wildman–Crippen LogP) is 1.53. The van der Waals surface area contributed by atoms with Crippen LogP contribution >= 0.6 is 0 Å². The quantitative estimate of drug-likeness (QED) is 0.376. The Hall–Kier alpha value is -2.68. The molecule has 0 fully saturated rings. The van der Waals surface area contributed by atoms with E-state index in [9.17, 15) is 19.8 Å². The summed E-state index contributed by atoms with van der Waals surface area (Å²) in [4.78, 5) is 23.8. The van der Waals surface area contributed by atoms with Gasteiger partial charge in [-0.05, 0) is 34.3 Å². The van der Waals surface area contributed by atoms with Crippen molar-refractivity contribution in [1.82, 2.24) is 4.98 Å². The molecule has 0 aliphatic heterocycles. The van der Waals surface area contributed by atoms with Gasteiger partial charge in [0.1, 0.15) is 0 Å². The maximum absolute atomic E-state index is 10.3. The van der Waals surface area contributed by atoms with E-state index in [1.807, 2.05) is 18.2 Å². The average molecular weight is 443 g/mol. The van der Waals surface area contributed by atoms with Crippen LogP contribution in [0.3, 0.4) is 0 Å². The summed E-state index contributed by atoms with van der Waals surface area (Å²) in [5, 5.41) is 22.9. The topological polar surface area (TPSA) is 96.0 Å². The molecule has 6 heteroatoms. The van der Waals surface area contributed by atoms with Crippen molar-refractivity contribution in [2.45, 2.75) is 0 Å². The number of benzene rings is 3. The van der Waals surface area contributed by atoms with E-state index < -0.39 is 11.9 Å². The summed E-state index contributed by atoms with van der Waals surface area (Å²) >= 11 is 0. The smallest absolute Gasteiger partial charge is 0.545 e. The fourth-order valence-corrected chi connectivity index (χ4v) is 2.49. The first-order valence-electron chi connectivity index (χ1n) is 7.46. The van der Waals surface area contributed by atoms with Crippen molar-refractivity contribution < 1.29 is 47.1 Å². The van der Waals surface area contributed by atoms with Gasteiger partial charge in [-0.3, -0.25) is 0 Å². The normalized spacial score (nSPS) is 9.85. The number of rotatable bonds is 2. The van der Waals surface area contributed by atoms with Crippen LogP contribution in [0.4, 0.5) is 0 Å². The number of carbonyl (C=O) groups is 2. The third-order valence-corrected chi connectivity index (χ3v) is 3.66. The molecule has 0 saturated heterocycles. The van der Waals surface area contributed by atoms with Gasteiger partial charge in [-0.1, -0.05) is 41.8 Å². The number of H-pyrrole nitrogens is 1. The number of carbonyl (C=O) groups excluding carboxylic acids is 2. The van der Waals surface area contributed by atoms with Crippen LogP contribution in [0.2, 0.25) is 0 Å². The van der Waals surface area contributed by atoms with Crippen molar-refractivity contribution in [1.29, 1.82) is 0 Å². The third-order valence-electron chi connectivity index (χ3n) is 3.66. The van der Waals surface area contributed by atoms with E-state index in [-0.39, 0.29) is 38.4 Å². The summed E-state index contributed by atoms with van der Waals surface area (Å²) < 4.78 is 0.